The van der Waals surface area contributed by atoms with Gasteiger partial charge in [-0.25, -0.2) is 14.2 Å². The van der Waals surface area contributed by atoms with Crippen molar-refractivity contribution < 1.29 is 23.8 Å². The largest absolute Gasteiger partial charge is 0.504 e. The Morgan fingerprint density at radius 1 is 1.24 bits per heavy atom. The van der Waals surface area contributed by atoms with Crippen molar-refractivity contribution in [1.29, 1.82) is 5.26 Å². The monoisotopic (exact) mass is 502 g/mol. The molecule has 0 spiro atoms. The summed E-state index contributed by atoms with van der Waals surface area (Å²) in [4.78, 5) is 18.2. The van der Waals surface area contributed by atoms with Crippen LogP contribution in [0, 0.1) is 17.1 Å². The third kappa shape index (κ3) is 4.45. The maximum absolute atomic E-state index is 14.7. The number of carbonyl (C=O) groups excluding carboxylic acids is 1. The zero-order valence-corrected chi connectivity index (χ0v) is 19.9. The average Bonchev–Trinajstić information content (AvgIpc) is 3.38. The molecule has 10 nitrogen and oxygen atoms in total. The van der Waals surface area contributed by atoms with Crippen LogP contribution in [0.25, 0.3) is 33.3 Å². The fourth-order valence-electron chi connectivity index (χ4n) is 4.67. The number of primary amides is 1. The number of aromatic amines is 1. The summed E-state index contributed by atoms with van der Waals surface area (Å²) in [6, 6.07) is 11.1. The van der Waals surface area contributed by atoms with Crippen LogP contribution in [0.15, 0.2) is 42.6 Å². The number of piperidine rings is 1. The van der Waals surface area contributed by atoms with Crippen molar-refractivity contribution in [3.63, 3.8) is 0 Å². The summed E-state index contributed by atoms with van der Waals surface area (Å²) in [5.41, 5.74) is 7.92. The van der Waals surface area contributed by atoms with Gasteiger partial charge in [0.25, 0.3) is 0 Å². The van der Waals surface area contributed by atoms with Crippen molar-refractivity contribution in [3.8, 4) is 40.0 Å². The number of nitriles is 1. The van der Waals surface area contributed by atoms with Crippen LogP contribution >= 0.6 is 0 Å². The van der Waals surface area contributed by atoms with Crippen LogP contribution < -0.4 is 15.4 Å². The number of carbonyl (C=O) groups is 1. The number of hydrogen-bond donors (Lipinski definition) is 3. The van der Waals surface area contributed by atoms with Crippen LogP contribution in [-0.4, -0.2) is 52.7 Å². The van der Waals surface area contributed by atoms with E-state index in [9.17, 15) is 19.6 Å². The number of hydrogen-bond acceptors (Lipinski definition) is 8. The first kappa shape index (κ1) is 23.9. The molecule has 188 valence electrons. The average molecular weight is 503 g/mol. The number of ether oxygens (including phenoxy) is 2. The van der Waals surface area contributed by atoms with Crippen LogP contribution in [0.5, 0.6) is 11.5 Å². The van der Waals surface area contributed by atoms with Crippen LogP contribution in [0.4, 0.5) is 15.0 Å². The summed E-state index contributed by atoms with van der Waals surface area (Å²) in [5.74, 6) is 0.188. The molecule has 0 unspecified atom stereocenters. The molecule has 0 aliphatic carbocycles. The Morgan fingerprint density at radius 2 is 2.00 bits per heavy atom. The molecule has 0 saturated carbocycles. The molecule has 1 amide bonds. The van der Waals surface area contributed by atoms with Crippen LogP contribution in [0.1, 0.15) is 18.4 Å². The van der Waals surface area contributed by atoms with Crippen molar-refractivity contribution in [2.24, 2.45) is 5.73 Å². The number of phenolic OH excluding ortho intramolecular Hbond substituents is 1. The number of halogens is 1. The number of nitrogens with two attached hydrogens (primary N) is 1. The second-order valence-electron chi connectivity index (χ2n) is 8.63. The molecule has 1 saturated heterocycles. The van der Waals surface area contributed by atoms with Gasteiger partial charge in [-0.2, -0.15) is 10.4 Å². The molecule has 1 aliphatic heterocycles. The van der Waals surface area contributed by atoms with Gasteiger partial charge in [0.15, 0.2) is 17.3 Å². The molecule has 4 aromatic rings. The third-order valence-electron chi connectivity index (χ3n) is 6.44. The number of phenols is 1. The number of methoxy groups -OCH3 is 1. The van der Waals surface area contributed by atoms with Gasteiger partial charge in [0.1, 0.15) is 23.5 Å². The number of H-pyrrole nitrogens is 1. The second-order valence-corrected chi connectivity index (χ2v) is 8.63. The molecule has 0 radical (unpaired) electrons. The smallest absolute Gasteiger partial charge is 0.404 e. The number of anilines is 1. The number of aromatic nitrogens is 3. The highest BCUT2D eigenvalue weighted by Gasteiger charge is 2.27. The third-order valence-corrected chi connectivity index (χ3v) is 6.44. The minimum atomic E-state index is -0.801. The van der Waals surface area contributed by atoms with Crippen molar-refractivity contribution in [1.82, 2.24) is 15.2 Å². The van der Waals surface area contributed by atoms with E-state index in [1.807, 2.05) is 11.0 Å². The molecule has 4 N–H and O–H groups in total. The summed E-state index contributed by atoms with van der Waals surface area (Å²) in [7, 11) is 1.46. The lowest BCUT2D eigenvalue weighted by atomic mass is 9.95. The molecule has 37 heavy (non-hydrogen) atoms. The lowest BCUT2D eigenvalue weighted by Crippen LogP contribution is -2.39. The molecule has 1 fully saturated rings. The number of amides is 1. The van der Waals surface area contributed by atoms with Crippen LogP contribution in [-0.2, 0) is 4.74 Å². The van der Waals surface area contributed by atoms with Crippen molar-refractivity contribution in [2.75, 3.05) is 25.1 Å². The standard InChI is InChI=1S/C26H23FN6O4/c1-36-21-5-4-14(11-20(21)34)22-18-13-30-32-24(18)25(33-8-6-17(7-9-33)37-26(29)35)31-23(22)15-2-3-16(12-28)19(27)10-15/h2-5,10-11,13,17,34H,6-9H2,1H3,(H2,29,35)(H,30,32). The highest BCUT2D eigenvalue weighted by molar-refractivity contribution is 6.05. The molecule has 0 bridgehead atoms. The van der Waals surface area contributed by atoms with Gasteiger partial charge in [-0.15, -0.1) is 0 Å². The maximum atomic E-state index is 14.7. The zero-order chi connectivity index (χ0) is 26.1. The quantitative estimate of drug-likeness (QED) is 0.369. The SMILES string of the molecule is COc1ccc(-c2c(-c3ccc(C#N)c(F)c3)nc(N3CCC(OC(N)=O)CC3)c3[nH]ncc23)cc1O. The topological polar surface area (TPSA) is 150 Å². The second kappa shape index (κ2) is 9.66. The van der Waals surface area contributed by atoms with E-state index >= 15 is 0 Å². The number of fused-ring (bicyclic) bond motifs is 1. The zero-order valence-electron chi connectivity index (χ0n) is 19.9. The predicted molar refractivity (Wildman–Crippen MR) is 134 cm³/mol. The van der Waals surface area contributed by atoms with Gasteiger partial charge in [0, 0.05) is 42.4 Å². The van der Waals surface area contributed by atoms with Gasteiger partial charge in [-0.3, -0.25) is 5.10 Å². The number of pyridine rings is 1. The summed E-state index contributed by atoms with van der Waals surface area (Å²) in [6.07, 6.45) is 1.71. The van der Waals surface area contributed by atoms with Gasteiger partial charge < -0.3 is 25.2 Å². The lowest BCUT2D eigenvalue weighted by molar-refractivity contribution is 0.0912. The van der Waals surface area contributed by atoms with Crippen LogP contribution in [0.3, 0.4) is 0 Å². The fourth-order valence-corrected chi connectivity index (χ4v) is 4.67. The summed E-state index contributed by atoms with van der Waals surface area (Å²) in [6.45, 7) is 1.09. The van der Waals surface area contributed by atoms with E-state index in [1.54, 1.807) is 30.5 Å². The van der Waals surface area contributed by atoms with Gasteiger partial charge in [0.05, 0.1) is 24.6 Å². The molecule has 1 aliphatic rings. The Bertz CT molecular complexity index is 1540. The molecule has 2 aromatic heterocycles. The van der Waals surface area contributed by atoms with Gasteiger partial charge in [-0.1, -0.05) is 12.1 Å². The highest BCUT2D eigenvalue weighted by atomic mass is 19.1. The molecule has 3 heterocycles. The molecular formula is C26H23FN6O4. The first-order valence-corrected chi connectivity index (χ1v) is 11.5. The number of rotatable bonds is 5. The van der Waals surface area contributed by atoms with E-state index < -0.39 is 11.9 Å². The van der Waals surface area contributed by atoms with E-state index in [4.69, 9.17) is 20.2 Å². The van der Waals surface area contributed by atoms with Gasteiger partial charge in [0.2, 0.25) is 0 Å². The van der Waals surface area contributed by atoms with Gasteiger partial charge >= 0.3 is 6.09 Å². The fraction of sp³-hybridized carbons (Fsp3) is 0.231. The number of benzene rings is 2. The Kier molecular flexibility index (Phi) is 6.23. The lowest BCUT2D eigenvalue weighted by Gasteiger charge is -2.33. The molecular weight excluding hydrogens is 479 g/mol. The van der Waals surface area contributed by atoms with E-state index in [2.05, 4.69) is 10.2 Å². The molecule has 11 heteroatoms. The first-order chi connectivity index (χ1) is 17.9. The number of nitrogens with one attached hydrogen (secondary N) is 1. The van der Waals surface area contributed by atoms with E-state index in [1.165, 1.54) is 19.2 Å². The van der Waals surface area contributed by atoms with Crippen molar-refractivity contribution in [3.05, 3.63) is 54.0 Å². The highest BCUT2D eigenvalue weighted by Crippen LogP contribution is 2.42. The molecule has 0 atom stereocenters. The summed E-state index contributed by atoms with van der Waals surface area (Å²) < 4.78 is 25.0. The first-order valence-electron chi connectivity index (χ1n) is 11.5. The number of aromatic hydroxyl groups is 1. The van der Waals surface area contributed by atoms with Crippen molar-refractivity contribution in [2.45, 2.75) is 18.9 Å². The Hall–Kier alpha value is -4.85. The number of nitrogens with zero attached hydrogens (tertiary/aromatic N) is 4. The minimum Gasteiger partial charge on any atom is -0.504 e. The Morgan fingerprint density at radius 3 is 2.65 bits per heavy atom. The van der Waals surface area contributed by atoms with Gasteiger partial charge in [-0.05, 0) is 29.8 Å². The van der Waals surface area contributed by atoms with E-state index in [0.717, 1.165) is 0 Å². The Balaban J connectivity index is 1.68. The van der Waals surface area contributed by atoms with E-state index in [0.29, 0.717) is 70.8 Å². The maximum Gasteiger partial charge on any atom is 0.404 e. The van der Waals surface area contributed by atoms with E-state index in [-0.39, 0.29) is 17.4 Å². The predicted octanol–water partition coefficient (Wildman–Crippen LogP) is 4.08. The van der Waals surface area contributed by atoms with Crippen molar-refractivity contribution >= 4 is 22.8 Å². The minimum absolute atomic E-state index is 0.0609. The summed E-state index contributed by atoms with van der Waals surface area (Å²) >= 11 is 0. The van der Waals surface area contributed by atoms with Crippen LogP contribution in [0.2, 0.25) is 0 Å². The Labute approximate surface area is 211 Å². The molecule has 2 aromatic carbocycles. The normalized spacial score (nSPS) is 13.9. The summed E-state index contributed by atoms with van der Waals surface area (Å²) in [5, 5.41) is 27.7. The molecule has 5 rings (SSSR count).